The normalized spacial score (nSPS) is 20.5. The molecule has 1 unspecified atom stereocenters. The summed E-state index contributed by atoms with van der Waals surface area (Å²) in [5.74, 6) is 0. The molecule has 2 rings (SSSR count). The fraction of sp³-hybridized carbons (Fsp3) is 0.400. The highest BCUT2D eigenvalue weighted by Gasteiger charge is 2.33. The van der Waals surface area contributed by atoms with Crippen molar-refractivity contribution >= 4 is 11.4 Å². The lowest BCUT2D eigenvalue weighted by atomic mass is 10.1. The highest BCUT2D eigenvalue weighted by atomic mass is 15.9. The van der Waals surface area contributed by atoms with Crippen molar-refractivity contribution in [2.45, 2.75) is 6.17 Å². The van der Waals surface area contributed by atoms with E-state index in [4.69, 9.17) is 11.5 Å². The summed E-state index contributed by atoms with van der Waals surface area (Å²) in [7, 11) is 6.22. The Bertz CT molecular complexity index is 382. The van der Waals surface area contributed by atoms with Crippen molar-refractivity contribution in [1.29, 1.82) is 0 Å². The molecule has 1 aromatic carbocycles. The third-order valence-corrected chi connectivity index (χ3v) is 2.48. The molecular formula is C10H18N5+. The Labute approximate surface area is 89.8 Å². The Morgan fingerprint density at radius 2 is 2.00 bits per heavy atom. The molecule has 0 saturated carbocycles. The number of benzene rings is 1. The van der Waals surface area contributed by atoms with Crippen LogP contribution in [0.15, 0.2) is 18.2 Å². The van der Waals surface area contributed by atoms with Gasteiger partial charge in [0.25, 0.3) is 0 Å². The predicted molar refractivity (Wildman–Crippen MR) is 61.4 cm³/mol. The van der Waals surface area contributed by atoms with E-state index in [0.29, 0.717) is 4.59 Å². The van der Waals surface area contributed by atoms with Gasteiger partial charge in [0, 0.05) is 11.3 Å². The van der Waals surface area contributed by atoms with E-state index in [-0.39, 0.29) is 6.17 Å². The minimum Gasteiger partial charge on any atom is -0.399 e. The molecule has 1 aromatic rings. The second kappa shape index (κ2) is 3.10. The standard InChI is InChI=1S/C10H18N5/c1-15(2,3)14-9-5-4-7(11)6-8(9)10(12)13-14/h4-6,10,13H,11-12H2,1-3H3/q+1. The van der Waals surface area contributed by atoms with Crippen LogP contribution in [0.2, 0.25) is 0 Å². The molecule has 0 aromatic heterocycles. The molecule has 82 valence electrons. The van der Waals surface area contributed by atoms with Gasteiger partial charge in [-0.05, 0) is 18.2 Å². The number of nitrogens with two attached hydrogens (primary N) is 2. The van der Waals surface area contributed by atoms with Gasteiger partial charge in [0.05, 0.1) is 21.1 Å². The number of hydrazine groups is 1. The summed E-state index contributed by atoms with van der Waals surface area (Å²) < 4.78 is 0.643. The molecular weight excluding hydrogens is 190 g/mol. The highest BCUT2D eigenvalue weighted by Crippen LogP contribution is 2.33. The first-order chi connectivity index (χ1) is 6.89. The van der Waals surface area contributed by atoms with Crippen molar-refractivity contribution in [1.82, 2.24) is 5.43 Å². The molecule has 0 fully saturated rings. The van der Waals surface area contributed by atoms with Crippen LogP contribution in [0.3, 0.4) is 0 Å². The first-order valence-electron chi connectivity index (χ1n) is 4.93. The van der Waals surface area contributed by atoms with Gasteiger partial charge in [0.2, 0.25) is 0 Å². The molecule has 0 spiro atoms. The summed E-state index contributed by atoms with van der Waals surface area (Å²) >= 11 is 0. The number of fused-ring (bicyclic) bond motifs is 1. The largest absolute Gasteiger partial charge is 0.399 e. The molecule has 0 amide bonds. The maximum absolute atomic E-state index is 5.98. The number of anilines is 2. The maximum Gasteiger partial charge on any atom is 0.114 e. The van der Waals surface area contributed by atoms with Gasteiger partial charge in [0.1, 0.15) is 11.9 Å². The molecule has 0 bridgehead atoms. The zero-order valence-corrected chi connectivity index (χ0v) is 9.36. The molecule has 1 heterocycles. The zero-order valence-electron chi connectivity index (χ0n) is 9.36. The van der Waals surface area contributed by atoms with Gasteiger partial charge in [-0.1, -0.05) is 0 Å². The topological polar surface area (TPSA) is 67.3 Å². The van der Waals surface area contributed by atoms with Crippen LogP contribution in [0.1, 0.15) is 11.7 Å². The Hall–Kier alpha value is -1.30. The summed E-state index contributed by atoms with van der Waals surface area (Å²) in [6.07, 6.45) is -0.180. The number of nitrogens with zero attached hydrogens (tertiary/aromatic N) is 2. The van der Waals surface area contributed by atoms with Crippen LogP contribution in [-0.4, -0.2) is 25.7 Å². The lowest BCUT2D eigenvalue weighted by Gasteiger charge is -2.34. The number of nitrogen functional groups attached to an aromatic ring is 1. The van der Waals surface area contributed by atoms with Crippen LogP contribution in [0.5, 0.6) is 0 Å². The minimum atomic E-state index is -0.180. The van der Waals surface area contributed by atoms with E-state index in [1.54, 1.807) is 0 Å². The monoisotopic (exact) mass is 208 g/mol. The van der Waals surface area contributed by atoms with Crippen molar-refractivity contribution in [2.24, 2.45) is 5.73 Å². The molecule has 0 aliphatic carbocycles. The van der Waals surface area contributed by atoms with Gasteiger partial charge in [0.15, 0.2) is 0 Å². The molecule has 5 N–H and O–H groups in total. The Morgan fingerprint density at radius 3 is 2.60 bits per heavy atom. The van der Waals surface area contributed by atoms with Crippen molar-refractivity contribution < 1.29 is 4.59 Å². The van der Waals surface area contributed by atoms with Crippen LogP contribution in [-0.2, 0) is 0 Å². The number of quaternary nitrogens is 1. The zero-order chi connectivity index (χ0) is 11.2. The van der Waals surface area contributed by atoms with E-state index in [1.165, 1.54) is 0 Å². The lowest BCUT2D eigenvalue weighted by molar-refractivity contribution is -0.883. The number of hydrogen-bond donors (Lipinski definition) is 3. The van der Waals surface area contributed by atoms with Crippen LogP contribution >= 0.6 is 0 Å². The Morgan fingerprint density at radius 1 is 1.33 bits per heavy atom. The molecule has 0 radical (unpaired) electrons. The highest BCUT2D eigenvalue weighted by molar-refractivity contribution is 5.61. The SMILES string of the molecule is C[N+](C)(C)N1NC(N)c2cc(N)ccc21. The summed E-state index contributed by atoms with van der Waals surface area (Å²) in [4.78, 5) is 0. The first-order valence-corrected chi connectivity index (χ1v) is 4.93. The summed E-state index contributed by atoms with van der Waals surface area (Å²) in [5, 5.41) is 2.03. The van der Waals surface area contributed by atoms with E-state index in [0.717, 1.165) is 16.9 Å². The molecule has 15 heavy (non-hydrogen) atoms. The van der Waals surface area contributed by atoms with Crippen molar-refractivity contribution in [3.05, 3.63) is 23.8 Å². The Balaban J connectivity index is 2.47. The average molecular weight is 208 g/mol. The van der Waals surface area contributed by atoms with Gasteiger partial charge >= 0.3 is 0 Å². The van der Waals surface area contributed by atoms with Crippen LogP contribution < -0.4 is 22.0 Å². The fourth-order valence-corrected chi connectivity index (χ4v) is 1.78. The molecule has 0 saturated heterocycles. The number of nitrogens with one attached hydrogen (secondary N) is 1. The van der Waals surface area contributed by atoms with Crippen LogP contribution in [0.25, 0.3) is 0 Å². The fourth-order valence-electron chi connectivity index (χ4n) is 1.78. The molecule has 1 atom stereocenters. The molecule has 1 aliphatic rings. The molecule has 1 aliphatic heterocycles. The third-order valence-electron chi connectivity index (χ3n) is 2.48. The van der Waals surface area contributed by atoms with Crippen LogP contribution in [0, 0.1) is 0 Å². The third kappa shape index (κ3) is 1.65. The summed E-state index contributed by atoms with van der Waals surface area (Å²) in [5.41, 5.74) is 17.8. The van der Waals surface area contributed by atoms with Gasteiger partial charge in [-0.15, -0.1) is 0 Å². The van der Waals surface area contributed by atoms with Gasteiger partial charge < -0.3 is 11.5 Å². The van der Waals surface area contributed by atoms with Gasteiger partial charge in [-0.2, -0.15) is 10.5 Å². The quantitative estimate of drug-likeness (QED) is 0.455. The average Bonchev–Trinajstić information content (AvgIpc) is 2.43. The minimum absolute atomic E-state index is 0.180. The molecule has 5 nitrogen and oxygen atoms in total. The predicted octanol–water partition coefficient (Wildman–Crippen LogP) is 0.172. The maximum atomic E-state index is 5.98. The first kappa shape index (κ1) is 10.2. The van der Waals surface area contributed by atoms with E-state index in [9.17, 15) is 0 Å². The molecule has 5 heteroatoms. The van der Waals surface area contributed by atoms with E-state index >= 15 is 0 Å². The van der Waals surface area contributed by atoms with Crippen molar-refractivity contribution in [3.8, 4) is 0 Å². The second-order valence-corrected chi connectivity index (χ2v) is 4.68. The summed E-state index contributed by atoms with van der Waals surface area (Å²) in [6.45, 7) is 0. The second-order valence-electron chi connectivity index (χ2n) is 4.68. The Kier molecular flexibility index (Phi) is 2.11. The lowest BCUT2D eigenvalue weighted by Crippen LogP contribution is -2.57. The van der Waals surface area contributed by atoms with E-state index in [1.807, 2.05) is 23.3 Å². The van der Waals surface area contributed by atoms with Crippen LogP contribution in [0.4, 0.5) is 11.4 Å². The van der Waals surface area contributed by atoms with Gasteiger partial charge in [-0.25, -0.2) is 4.59 Å². The number of hydrogen-bond acceptors (Lipinski definition) is 4. The van der Waals surface area contributed by atoms with E-state index in [2.05, 4.69) is 26.6 Å². The summed E-state index contributed by atoms with van der Waals surface area (Å²) in [6, 6.07) is 5.80. The smallest absolute Gasteiger partial charge is 0.114 e. The number of rotatable bonds is 1. The van der Waals surface area contributed by atoms with Gasteiger partial charge in [-0.3, -0.25) is 0 Å². The van der Waals surface area contributed by atoms with Crippen molar-refractivity contribution in [3.63, 3.8) is 0 Å². The van der Waals surface area contributed by atoms with E-state index < -0.39 is 0 Å². The van der Waals surface area contributed by atoms with Crippen molar-refractivity contribution in [2.75, 3.05) is 32.0 Å².